The number of benzene rings is 1. The minimum Gasteiger partial charge on any atom is -0.356 e. The van der Waals surface area contributed by atoms with Crippen LogP contribution in [-0.4, -0.2) is 37.6 Å². The first-order valence-electron chi connectivity index (χ1n) is 11.7. The van der Waals surface area contributed by atoms with E-state index in [1.54, 1.807) is 0 Å². The Morgan fingerprint density at radius 1 is 1.21 bits per heavy atom. The molecule has 2 aliphatic heterocycles. The summed E-state index contributed by atoms with van der Waals surface area (Å²) >= 11 is 0. The highest BCUT2D eigenvalue weighted by atomic mass is 16.2. The molecule has 0 bridgehead atoms. The molecule has 7 heteroatoms. The number of nitrogens with zero attached hydrogens (tertiary/aromatic N) is 4. The van der Waals surface area contributed by atoms with Gasteiger partial charge in [0, 0.05) is 60.2 Å². The highest BCUT2D eigenvalue weighted by Gasteiger charge is 2.42. The molecule has 0 aliphatic carbocycles. The molecular formula is C26H31N5O2. The maximum Gasteiger partial charge on any atom is 0.259 e. The van der Waals surface area contributed by atoms with Crippen molar-refractivity contribution in [3.63, 3.8) is 0 Å². The van der Waals surface area contributed by atoms with E-state index < -0.39 is 0 Å². The van der Waals surface area contributed by atoms with Crippen molar-refractivity contribution in [1.29, 1.82) is 0 Å². The third-order valence-electron chi connectivity index (χ3n) is 6.75. The Bertz CT molecular complexity index is 1290. The van der Waals surface area contributed by atoms with Crippen LogP contribution in [0.25, 0.3) is 10.9 Å². The quantitative estimate of drug-likeness (QED) is 0.620. The summed E-state index contributed by atoms with van der Waals surface area (Å²) in [7, 11) is 0. The largest absolute Gasteiger partial charge is 0.356 e. The van der Waals surface area contributed by atoms with Crippen LogP contribution in [0.3, 0.4) is 0 Å². The number of amides is 2. The molecule has 1 aromatic carbocycles. The second-order valence-electron chi connectivity index (χ2n) is 9.87. The van der Waals surface area contributed by atoms with Gasteiger partial charge < -0.3 is 9.88 Å². The standard InChI is InChI=1S/C26H31N5O2/c1-15(2)9-10-29-13-19-23(18-11-27-31(12-18)16(3)4)25-21(14-30(17(5)32)26(25)33)28-20-7-6-8-22(29)24(19)20/h6-8,11-13,15-16,23,28H,9-10,14H2,1-5H3. The minimum absolute atomic E-state index is 0.215. The Labute approximate surface area is 194 Å². The maximum absolute atomic E-state index is 13.5. The van der Waals surface area contributed by atoms with E-state index in [-0.39, 0.29) is 30.3 Å². The number of anilines is 1. The van der Waals surface area contributed by atoms with E-state index in [4.69, 9.17) is 0 Å². The summed E-state index contributed by atoms with van der Waals surface area (Å²) in [6.45, 7) is 11.3. The number of carbonyl (C=O) groups excluding carboxylic acids is 2. The second kappa shape index (κ2) is 7.90. The predicted molar refractivity (Wildman–Crippen MR) is 129 cm³/mol. The van der Waals surface area contributed by atoms with Crippen LogP contribution in [0.4, 0.5) is 5.69 Å². The van der Waals surface area contributed by atoms with Crippen LogP contribution in [-0.2, 0) is 16.1 Å². The Kier molecular flexibility index (Phi) is 5.15. The molecule has 0 saturated carbocycles. The summed E-state index contributed by atoms with van der Waals surface area (Å²) in [5.74, 6) is -0.152. The van der Waals surface area contributed by atoms with Crippen LogP contribution in [0.5, 0.6) is 0 Å². The topological polar surface area (TPSA) is 72.2 Å². The Balaban J connectivity index is 1.74. The van der Waals surface area contributed by atoms with Crippen molar-refractivity contribution in [1.82, 2.24) is 19.2 Å². The van der Waals surface area contributed by atoms with E-state index >= 15 is 0 Å². The zero-order chi connectivity index (χ0) is 23.4. The SMILES string of the molecule is CC(=O)N1CC2=C(C1=O)C(c1cnn(C(C)C)c1)c1cn(CCC(C)C)c3cccc(c13)N2. The van der Waals surface area contributed by atoms with Crippen LogP contribution in [0, 0.1) is 5.92 Å². The van der Waals surface area contributed by atoms with Gasteiger partial charge in [0.05, 0.1) is 23.8 Å². The van der Waals surface area contributed by atoms with E-state index in [1.165, 1.54) is 11.8 Å². The zero-order valence-corrected chi connectivity index (χ0v) is 19.9. The van der Waals surface area contributed by atoms with Crippen LogP contribution in [0.2, 0.25) is 0 Å². The number of aryl methyl sites for hydroxylation is 1. The first-order chi connectivity index (χ1) is 15.8. The minimum atomic E-state index is -0.289. The smallest absolute Gasteiger partial charge is 0.259 e. The lowest BCUT2D eigenvalue weighted by molar-refractivity contribution is -0.139. The molecule has 2 amide bonds. The van der Waals surface area contributed by atoms with Crippen LogP contribution in [0.1, 0.15) is 64.1 Å². The van der Waals surface area contributed by atoms with Crippen molar-refractivity contribution in [2.75, 3.05) is 11.9 Å². The predicted octanol–water partition coefficient (Wildman–Crippen LogP) is 4.67. The monoisotopic (exact) mass is 445 g/mol. The fourth-order valence-electron chi connectivity index (χ4n) is 4.99. The summed E-state index contributed by atoms with van der Waals surface area (Å²) in [6, 6.07) is 6.48. The third kappa shape index (κ3) is 3.46. The summed E-state index contributed by atoms with van der Waals surface area (Å²) in [5, 5.41) is 9.25. The molecule has 172 valence electrons. The van der Waals surface area contributed by atoms with E-state index in [1.807, 2.05) is 17.1 Å². The molecule has 0 radical (unpaired) electrons. The Hall–Kier alpha value is -3.35. The average Bonchev–Trinajstić information content (AvgIpc) is 3.44. The fourth-order valence-corrected chi connectivity index (χ4v) is 4.99. The Morgan fingerprint density at radius 3 is 2.67 bits per heavy atom. The van der Waals surface area contributed by atoms with E-state index in [2.05, 4.69) is 67.1 Å². The number of hydrogen-bond donors (Lipinski definition) is 1. The first-order valence-corrected chi connectivity index (χ1v) is 11.7. The van der Waals surface area contributed by atoms with Gasteiger partial charge in [-0.05, 0) is 43.9 Å². The fraction of sp³-hybridized carbons (Fsp3) is 0.423. The number of nitrogens with one attached hydrogen (secondary N) is 1. The summed E-state index contributed by atoms with van der Waals surface area (Å²) in [6.07, 6.45) is 7.18. The number of aromatic nitrogens is 3. The molecule has 2 aromatic heterocycles. The summed E-state index contributed by atoms with van der Waals surface area (Å²) in [4.78, 5) is 27.1. The molecule has 1 N–H and O–H groups in total. The van der Waals surface area contributed by atoms with Crippen molar-refractivity contribution in [3.05, 3.63) is 59.2 Å². The highest BCUT2D eigenvalue weighted by molar-refractivity contribution is 6.11. The molecule has 0 spiro atoms. The van der Waals surface area contributed by atoms with Crippen molar-refractivity contribution < 1.29 is 9.59 Å². The van der Waals surface area contributed by atoms with Crippen molar-refractivity contribution >= 4 is 28.4 Å². The molecule has 0 fully saturated rings. The molecule has 1 unspecified atom stereocenters. The van der Waals surface area contributed by atoms with Crippen LogP contribution in [0.15, 0.2) is 48.1 Å². The zero-order valence-electron chi connectivity index (χ0n) is 19.9. The molecular weight excluding hydrogens is 414 g/mol. The molecule has 1 atom stereocenters. The lowest BCUT2D eigenvalue weighted by atomic mass is 9.86. The molecule has 3 aromatic rings. The van der Waals surface area contributed by atoms with Gasteiger partial charge in [-0.25, -0.2) is 0 Å². The van der Waals surface area contributed by atoms with E-state index in [0.29, 0.717) is 11.5 Å². The first kappa shape index (κ1) is 21.5. The van der Waals surface area contributed by atoms with Gasteiger partial charge in [-0.15, -0.1) is 0 Å². The number of carbonyl (C=O) groups is 2. The molecule has 0 saturated heterocycles. The average molecular weight is 446 g/mol. The van der Waals surface area contributed by atoms with Gasteiger partial charge in [0.1, 0.15) is 0 Å². The number of rotatable bonds is 5. The lowest BCUT2D eigenvalue weighted by Gasteiger charge is -2.18. The molecule has 7 nitrogen and oxygen atoms in total. The van der Waals surface area contributed by atoms with Gasteiger partial charge in [-0.1, -0.05) is 19.9 Å². The van der Waals surface area contributed by atoms with Gasteiger partial charge >= 0.3 is 0 Å². The van der Waals surface area contributed by atoms with Gasteiger partial charge in [-0.2, -0.15) is 5.10 Å². The van der Waals surface area contributed by atoms with Crippen LogP contribution >= 0.6 is 0 Å². The summed E-state index contributed by atoms with van der Waals surface area (Å²) < 4.78 is 4.23. The number of imide groups is 1. The maximum atomic E-state index is 13.5. The van der Waals surface area contributed by atoms with Crippen LogP contribution < -0.4 is 5.32 Å². The molecule has 33 heavy (non-hydrogen) atoms. The van der Waals surface area contributed by atoms with Gasteiger partial charge in [-0.3, -0.25) is 19.2 Å². The van der Waals surface area contributed by atoms with Crippen molar-refractivity contribution in [2.24, 2.45) is 5.92 Å². The molecule has 4 heterocycles. The van der Waals surface area contributed by atoms with E-state index in [9.17, 15) is 9.59 Å². The highest BCUT2D eigenvalue weighted by Crippen LogP contribution is 2.46. The van der Waals surface area contributed by atoms with Crippen molar-refractivity contribution in [2.45, 2.75) is 59.5 Å². The van der Waals surface area contributed by atoms with Gasteiger partial charge in [0.25, 0.3) is 5.91 Å². The third-order valence-corrected chi connectivity index (χ3v) is 6.75. The van der Waals surface area contributed by atoms with Gasteiger partial charge in [0.15, 0.2) is 0 Å². The molecule has 2 aliphatic rings. The molecule has 5 rings (SSSR count). The van der Waals surface area contributed by atoms with Gasteiger partial charge in [0.2, 0.25) is 5.91 Å². The lowest BCUT2D eigenvalue weighted by Crippen LogP contribution is -2.33. The van der Waals surface area contributed by atoms with E-state index in [0.717, 1.165) is 46.4 Å². The number of hydrogen-bond acceptors (Lipinski definition) is 4. The Morgan fingerprint density at radius 2 is 2.00 bits per heavy atom. The summed E-state index contributed by atoms with van der Waals surface area (Å²) in [5.41, 5.74) is 5.65. The second-order valence-corrected chi connectivity index (χ2v) is 9.87. The normalized spacial score (nSPS) is 17.8. The van der Waals surface area contributed by atoms with Crippen molar-refractivity contribution in [3.8, 4) is 0 Å².